The summed E-state index contributed by atoms with van der Waals surface area (Å²) in [7, 11) is 0. The summed E-state index contributed by atoms with van der Waals surface area (Å²) in [5.41, 5.74) is 3.39. The molecule has 0 amide bonds. The lowest BCUT2D eigenvalue weighted by Crippen LogP contribution is -2.07. The van der Waals surface area contributed by atoms with Gasteiger partial charge in [0.25, 0.3) is 0 Å². The van der Waals surface area contributed by atoms with E-state index in [0.29, 0.717) is 0 Å². The van der Waals surface area contributed by atoms with Gasteiger partial charge in [0.05, 0.1) is 11.4 Å². The van der Waals surface area contributed by atoms with Crippen LogP contribution in [0, 0.1) is 6.92 Å². The van der Waals surface area contributed by atoms with E-state index in [4.69, 9.17) is 0 Å². The van der Waals surface area contributed by atoms with E-state index in [1.807, 2.05) is 54.8 Å². The van der Waals surface area contributed by atoms with Gasteiger partial charge in [-0.1, -0.05) is 24.3 Å². The second-order valence-electron chi connectivity index (χ2n) is 5.08. The van der Waals surface area contributed by atoms with Gasteiger partial charge in [0.15, 0.2) is 0 Å². The third-order valence-corrected chi connectivity index (χ3v) is 4.54. The first kappa shape index (κ1) is 13.0. The fraction of sp³-hybridized carbons (Fsp3) is 0.0588. The van der Waals surface area contributed by atoms with Gasteiger partial charge >= 0.3 is 0 Å². The summed E-state index contributed by atoms with van der Waals surface area (Å²) < 4.78 is 1.79. The fourth-order valence-electron chi connectivity index (χ4n) is 2.70. The molecule has 0 fully saturated rings. The van der Waals surface area contributed by atoms with Crippen LogP contribution in [-0.2, 0) is 0 Å². The molecule has 3 aromatic heterocycles. The number of aromatic nitrogens is 3. The highest BCUT2D eigenvalue weighted by Gasteiger charge is 2.16. The van der Waals surface area contributed by atoms with Crippen molar-refractivity contribution in [2.75, 3.05) is 0 Å². The maximum atomic E-state index is 12.1. The van der Waals surface area contributed by atoms with Crippen LogP contribution < -0.4 is 5.56 Å². The van der Waals surface area contributed by atoms with Gasteiger partial charge in [0.1, 0.15) is 5.65 Å². The van der Waals surface area contributed by atoms with Crippen molar-refractivity contribution in [1.29, 1.82) is 0 Å². The van der Waals surface area contributed by atoms with Gasteiger partial charge in [-0.3, -0.25) is 4.79 Å². The molecule has 3 heterocycles. The predicted octanol–water partition coefficient (Wildman–Crippen LogP) is 3.75. The molecule has 0 aliphatic carbocycles. The number of nitrogens with one attached hydrogen (secondary N) is 1. The van der Waals surface area contributed by atoms with E-state index in [2.05, 4.69) is 10.1 Å². The third kappa shape index (κ3) is 1.98. The number of hydrogen-bond acceptors (Lipinski definition) is 3. The Bertz CT molecular complexity index is 998. The molecule has 0 spiro atoms. The Morgan fingerprint density at radius 1 is 1.14 bits per heavy atom. The van der Waals surface area contributed by atoms with Gasteiger partial charge in [0.2, 0.25) is 5.56 Å². The largest absolute Gasteiger partial charge is 0.306 e. The molecule has 0 radical (unpaired) electrons. The number of rotatable bonds is 2. The molecule has 0 saturated heterocycles. The minimum absolute atomic E-state index is 0.118. The molecular weight excluding hydrogens is 294 g/mol. The molecule has 4 aromatic rings. The average molecular weight is 307 g/mol. The Labute approximate surface area is 130 Å². The Morgan fingerprint density at radius 3 is 2.68 bits per heavy atom. The van der Waals surface area contributed by atoms with Crippen molar-refractivity contribution in [1.82, 2.24) is 14.8 Å². The molecule has 22 heavy (non-hydrogen) atoms. The monoisotopic (exact) mass is 307 g/mol. The Balaban J connectivity index is 2.10. The standard InChI is InChI=1S/C17H13N3OS/c1-11-16-13(14-8-5-9-22-14)10-15(21)18-17(16)20(19-11)12-6-3-2-4-7-12/h2-10H,1H3,(H,18,21). The lowest BCUT2D eigenvalue weighted by atomic mass is 10.1. The molecule has 5 heteroatoms. The van der Waals surface area contributed by atoms with E-state index in [1.54, 1.807) is 22.1 Å². The summed E-state index contributed by atoms with van der Waals surface area (Å²) in [5, 5.41) is 7.63. The maximum Gasteiger partial charge on any atom is 0.250 e. The van der Waals surface area contributed by atoms with Gasteiger partial charge in [-0.2, -0.15) is 5.10 Å². The number of nitrogens with zero attached hydrogens (tertiary/aromatic N) is 2. The maximum absolute atomic E-state index is 12.1. The van der Waals surface area contributed by atoms with Gasteiger partial charge in [-0.15, -0.1) is 11.3 Å². The second-order valence-corrected chi connectivity index (χ2v) is 6.03. The number of aryl methyl sites for hydroxylation is 1. The minimum atomic E-state index is -0.118. The third-order valence-electron chi connectivity index (χ3n) is 3.63. The lowest BCUT2D eigenvalue weighted by molar-refractivity contribution is 0.876. The predicted molar refractivity (Wildman–Crippen MR) is 89.7 cm³/mol. The molecule has 0 aliphatic rings. The number of hydrogen-bond donors (Lipinski definition) is 1. The Morgan fingerprint density at radius 2 is 1.95 bits per heavy atom. The highest BCUT2D eigenvalue weighted by molar-refractivity contribution is 7.13. The van der Waals surface area contributed by atoms with Crippen molar-refractivity contribution in [2.24, 2.45) is 0 Å². The number of benzene rings is 1. The number of H-pyrrole nitrogens is 1. The van der Waals surface area contributed by atoms with Crippen molar-refractivity contribution < 1.29 is 0 Å². The van der Waals surface area contributed by atoms with Crippen LogP contribution in [-0.4, -0.2) is 14.8 Å². The van der Waals surface area contributed by atoms with Crippen LogP contribution >= 0.6 is 11.3 Å². The molecular formula is C17H13N3OS. The van der Waals surface area contributed by atoms with Crippen LogP contribution in [0.4, 0.5) is 0 Å². The van der Waals surface area contributed by atoms with Crippen LogP contribution in [0.3, 0.4) is 0 Å². The summed E-state index contributed by atoms with van der Waals surface area (Å²) in [4.78, 5) is 16.1. The summed E-state index contributed by atoms with van der Waals surface area (Å²) >= 11 is 1.62. The molecule has 0 atom stereocenters. The quantitative estimate of drug-likeness (QED) is 0.613. The number of thiophene rings is 1. The minimum Gasteiger partial charge on any atom is -0.306 e. The number of pyridine rings is 1. The Hall–Kier alpha value is -2.66. The number of aromatic amines is 1. The van der Waals surface area contributed by atoms with Gasteiger partial charge in [-0.05, 0) is 30.5 Å². The molecule has 0 aliphatic heterocycles. The summed E-state index contributed by atoms with van der Waals surface area (Å²) in [6, 6.07) is 15.5. The van der Waals surface area contributed by atoms with Gasteiger partial charge in [-0.25, -0.2) is 4.68 Å². The molecule has 4 nitrogen and oxygen atoms in total. The zero-order chi connectivity index (χ0) is 15.1. The van der Waals surface area contributed by atoms with Gasteiger partial charge < -0.3 is 4.98 Å². The average Bonchev–Trinajstić information content (AvgIpc) is 3.16. The number of fused-ring (bicyclic) bond motifs is 1. The summed E-state index contributed by atoms with van der Waals surface area (Å²) in [5.74, 6) is 0. The highest BCUT2D eigenvalue weighted by atomic mass is 32.1. The number of para-hydroxylation sites is 1. The molecule has 1 N–H and O–H groups in total. The summed E-state index contributed by atoms with van der Waals surface area (Å²) in [6.07, 6.45) is 0. The van der Waals surface area contributed by atoms with E-state index >= 15 is 0 Å². The van der Waals surface area contributed by atoms with E-state index in [9.17, 15) is 4.79 Å². The van der Waals surface area contributed by atoms with Crippen LogP contribution in [0.1, 0.15) is 5.69 Å². The first-order chi connectivity index (χ1) is 10.7. The highest BCUT2D eigenvalue weighted by Crippen LogP contribution is 2.32. The van der Waals surface area contributed by atoms with Crippen molar-refractivity contribution in [3.05, 3.63) is 70.0 Å². The van der Waals surface area contributed by atoms with Gasteiger partial charge in [0, 0.05) is 21.9 Å². The topological polar surface area (TPSA) is 50.7 Å². The van der Waals surface area contributed by atoms with E-state index in [1.165, 1.54) is 0 Å². The smallest absolute Gasteiger partial charge is 0.250 e. The van der Waals surface area contributed by atoms with E-state index in [0.717, 1.165) is 32.9 Å². The van der Waals surface area contributed by atoms with E-state index < -0.39 is 0 Å². The Kier molecular flexibility index (Phi) is 2.94. The lowest BCUT2D eigenvalue weighted by Gasteiger charge is -2.04. The normalized spacial score (nSPS) is 11.1. The van der Waals surface area contributed by atoms with E-state index in [-0.39, 0.29) is 5.56 Å². The van der Waals surface area contributed by atoms with Crippen LogP contribution in [0.5, 0.6) is 0 Å². The van der Waals surface area contributed by atoms with Crippen LogP contribution in [0.25, 0.3) is 27.2 Å². The van der Waals surface area contributed by atoms with Crippen molar-refractivity contribution >= 4 is 22.4 Å². The first-order valence-corrected chi connectivity index (χ1v) is 7.84. The van der Waals surface area contributed by atoms with Crippen molar-refractivity contribution in [3.63, 3.8) is 0 Å². The molecule has 0 unspecified atom stereocenters. The molecule has 4 rings (SSSR count). The zero-order valence-electron chi connectivity index (χ0n) is 11.9. The van der Waals surface area contributed by atoms with Crippen molar-refractivity contribution in [3.8, 4) is 16.1 Å². The first-order valence-electron chi connectivity index (χ1n) is 6.96. The zero-order valence-corrected chi connectivity index (χ0v) is 12.7. The van der Waals surface area contributed by atoms with Crippen LogP contribution in [0.2, 0.25) is 0 Å². The van der Waals surface area contributed by atoms with Crippen LogP contribution in [0.15, 0.2) is 58.7 Å². The molecule has 0 bridgehead atoms. The molecule has 108 valence electrons. The second kappa shape index (κ2) is 4.96. The molecule has 0 saturated carbocycles. The summed E-state index contributed by atoms with van der Waals surface area (Å²) in [6.45, 7) is 1.97. The molecule has 1 aromatic carbocycles. The fourth-order valence-corrected chi connectivity index (χ4v) is 3.45. The van der Waals surface area contributed by atoms with Crippen molar-refractivity contribution in [2.45, 2.75) is 6.92 Å². The SMILES string of the molecule is Cc1nn(-c2ccccc2)c2[nH]c(=O)cc(-c3cccs3)c12.